The maximum Gasteiger partial charge on any atom is 0.238 e. The molecule has 2 rings (SSSR count). The van der Waals surface area contributed by atoms with Gasteiger partial charge in [-0.3, -0.25) is 9.69 Å². The summed E-state index contributed by atoms with van der Waals surface area (Å²) in [6.07, 6.45) is 0.585. The Kier molecular flexibility index (Phi) is 4.98. The molecule has 0 spiro atoms. The highest BCUT2D eigenvalue weighted by Crippen LogP contribution is 2.18. The van der Waals surface area contributed by atoms with E-state index >= 15 is 0 Å². The fraction of sp³-hybridized carbons (Fsp3) is 0.533. The molecule has 0 bridgehead atoms. The number of amides is 1. The number of hydrogen-bond donors (Lipinski definition) is 2. The number of rotatable bonds is 4. The SMILES string of the molecule is COc1cccc(NC(=O)CN2CCC(C)C(O)C2)c1. The number of nitrogens with zero attached hydrogens (tertiary/aromatic N) is 1. The zero-order chi connectivity index (χ0) is 14.5. The molecule has 5 nitrogen and oxygen atoms in total. The van der Waals surface area contributed by atoms with Crippen molar-refractivity contribution in [3.8, 4) is 5.75 Å². The minimum Gasteiger partial charge on any atom is -0.497 e. The summed E-state index contributed by atoms with van der Waals surface area (Å²) in [5.41, 5.74) is 0.722. The number of ether oxygens (including phenoxy) is 1. The third-order valence-electron chi connectivity index (χ3n) is 3.72. The van der Waals surface area contributed by atoms with Crippen LogP contribution in [0, 0.1) is 5.92 Å². The predicted octanol–water partition coefficient (Wildman–Crippen LogP) is 1.34. The zero-order valence-electron chi connectivity index (χ0n) is 12.0. The molecule has 1 aromatic carbocycles. The molecule has 1 aliphatic heterocycles. The second-order valence-corrected chi connectivity index (χ2v) is 5.35. The van der Waals surface area contributed by atoms with Crippen molar-refractivity contribution in [1.29, 1.82) is 0 Å². The lowest BCUT2D eigenvalue weighted by molar-refractivity contribution is -0.118. The molecule has 0 saturated carbocycles. The van der Waals surface area contributed by atoms with E-state index in [4.69, 9.17) is 4.74 Å². The van der Waals surface area contributed by atoms with Crippen LogP contribution in [-0.4, -0.2) is 48.8 Å². The molecule has 2 N–H and O–H groups in total. The van der Waals surface area contributed by atoms with Gasteiger partial charge in [0.25, 0.3) is 0 Å². The summed E-state index contributed by atoms with van der Waals surface area (Å²) in [6, 6.07) is 7.28. The smallest absolute Gasteiger partial charge is 0.238 e. The first kappa shape index (κ1) is 14.8. The molecule has 110 valence electrons. The van der Waals surface area contributed by atoms with Crippen LogP contribution in [0.15, 0.2) is 24.3 Å². The average molecular weight is 278 g/mol. The highest BCUT2D eigenvalue weighted by molar-refractivity contribution is 5.92. The van der Waals surface area contributed by atoms with Crippen molar-refractivity contribution >= 4 is 11.6 Å². The van der Waals surface area contributed by atoms with Crippen molar-refractivity contribution in [3.05, 3.63) is 24.3 Å². The van der Waals surface area contributed by atoms with Gasteiger partial charge >= 0.3 is 0 Å². The number of hydrogen-bond acceptors (Lipinski definition) is 4. The molecule has 2 unspecified atom stereocenters. The van der Waals surface area contributed by atoms with E-state index in [-0.39, 0.29) is 12.0 Å². The minimum atomic E-state index is -0.339. The number of aliphatic hydroxyl groups excluding tert-OH is 1. The molecular formula is C15H22N2O3. The van der Waals surface area contributed by atoms with E-state index < -0.39 is 0 Å². The highest BCUT2D eigenvalue weighted by atomic mass is 16.5. The molecule has 2 atom stereocenters. The van der Waals surface area contributed by atoms with Gasteiger partial charge in [-0.1, -0.05) is 13.0 Å². The van der Waals surface area contributed by atoms with Crippen LogP contribution >= 0.6 is 0 Å². The van der Waals surface area contributed by atoms with Gasteiger partial charge in [0.2, 0.25) is 5.91 Å². The molecule has 1 saturated heterocycles. The van der Waals surface area contributed by atoms with Crippen molar-refractivity contribution in [2.24, 2.45) is 5.92 Å². The minimum absolute atomic E-state index is 0.0694. The van der Waals surface area contributed by atoms with Crippen molar-refractivity contribution in [1.82, 2.24) is 4.90 Å². The van der Waals surface area contributed by atoms with E-state index in [1.165, 1.54) is 0 Å². The van der Waals surface area contributed by atoms with Crippen molar-refractivity contribution in [2.75, 3.05) is 32.1 Å². The summed E-state index contributed by atoms with van der Waals surface area (Å²) in [4.78, 5) is 14.0. The number of methoxy groups -OCH3 is 1. The van der Waals surface area contributed by atoms with Gasteiger partial charge in [0.05, 0.1) is 19.8 Å². The highest BCUT2D eigenvalue weighted by Gasteiger charge is 2.25. The molecule has 20 heavy (non-hydrogen) atoms. The zero-order valence-corrected chi connectivity index (χ0v) is 12.0. The first-order valence-corrected chi connectivity index (χ1v) is 6.93. The number of benzene rings is 1. The second kappa shape index (κ2) is 6.72. The third kappa shape index (κ3) is 3.95. The van der Waals surface area contributed by atoms with E-state index in [0.717, 1.165) is 18.7 Å². The normalized spacial score (nSPS) is 23.4. The Morgan fingerprint density at radius 3 is 3.05 bits per heavy atom. The molecule has 0 aliphatic carbocycles. The molecule has 5 heteroatoms. The molecule has 1 fully saturated rings. The van der Waals surface area contributed by atoms with Gasteiger partial charge in [-0.15, -0.1) is 0 Å². The Hall–Kier alpha value is -1.59. The number of β-amino-alcohol motifs (C(OH)–C–C–N with tert-alkyl or cyclic N) is 1. The second-order valence-electron chi connectivity index (χ2n) is 5.35. The van der Waals surface area contributed by atoms with E-state index in [1.54, 1.807) is 13.2 Å². The first-order valence-electron chi connectivity index (χ1n) is 6.93. The van der Waals surface area contributed by atoms with Crippen LogP contribution in [0.25, 0.3) is 0 Å². The summed E-state index contributed by atoms with van der Waals surface area (Å²) in [6.45, 7) is 3.76. The van der Waals surface area contributed by atoms with Gasteiger partial charge in [-0.25, -0.2) is 0 Å². The van der Waals surface area contributed by atoms with E-state index in [9.17, 15) is 9.90 Å². The fourth-order valence-electron chi connectivity index (χ4n) is 2.36. The maximum atomic E-state index is 12.0. The molecule has 1 heterocycles. The Balaban J connectivity index is 1.86. The molecule has 1 aliphatic rings. The van der Waals surface area contributed by atoms with Crippen LogP contribution in [-0.2, 0) is 4.79 Å². The van der Waals surface area contributed by atoms with Gasteiger partial charge in [-0.05, 0) is 31.0 Å². The molecular weight excluding hydrogens is 256 g/mol. The molecule has 0 aromatic heterocycles. The lowest BCUT2D eigenvalue weighted by Gasteiger charge is -2.33. The summed E-state index contributed by atoms with van der Waals surface area (Å²) < 4.78 is 5.12. The number of carbonyl (C=O) groups excluding carboxylic acids is 1. The molecule has 1 amide bonds. The fourth-order valence-corrected chi connectivity index (χ4v) is 2.36. The molecule has 1 aromatic rings. The maximum absolute atomic E-state index is 12.0. The van der Waals surface area contributed by atoms with Gasteiger partial charge in [0.15, 0.2) is 0 Å². The van der Waals surface area contributed by atoms with E-state index in [2.05, 4.69) is 5.32 Å². The van der Waals surface area contributed by atoms with Crippen LogP contribution in [0.3, 0.4) is 0 Å². The van der Waals surface area contributed by atoms with E-state index in [1.807, 2.05) is 30.0 Å². The van der Waals surface area contributed by atoms with Crippen LogP contribution in [0.1, 0.15) is 13.3 Å². The standard InChI is InChI=1S/C15H22N2O3/c1-11-6-7-17(9-14(11)18)10-15(19)16-12-4-3-5-13(8-12)20-2/h3-5,8,11,14,18H,6-7,9-10H2,1-2H3,(H,16,19). The Bertz CT molecular complexity index is 464. The Morgan fingerprint density at radius 2 is 2.35 bits per heavy atom. The van der Waals surface area contributed by atoms with Gasteiger partial charge in [-0.2, -0.15) is 0 Å². The van der Waals surface area contributed by atoms with Crippen molar-refractivity contribution < 1.29 is 14.6 Å². The lowest BCUT2D eigenvalue weighted by Crippen LogP contribution is -2.45. The third-order valence-corrected chi connectivity index (χ3v) is 3.72. The number of piperidine rings is 1. The summed E-state index contributed by atoms with van der Waals surface area (Å²) >= 11 is 0. The van der Waals surface area contributed by atoms with Gasteiger partial charge in [0.1, 0.15) is 5.75 Å². The quantitative estimate of drug-likeness (QED) is 0.872. The number of likely N-dealkylation sites (tertiary alicyclic amines) is 1. The largest absolute Gasteiger partial charge is 0.497 e. The number of aliphatic hydroxyl groups is 1. The number of nitrogens with one attached hydrogen (secondary N) is 1. The summed E-state index contributed by atoms with van der Waals surface area (Å²) in [5.74, 6) is 0.956. The molecule has 0 radical (unpaired) electrons. The van der Waals surface area contributed by atoms with Crippen LogP contribution in [0.5, 0.6) is 5.75 Å². The van der Waals surface area contributed by atoms with Crippen molar-refractivity contribution in [3.63, 3.8) is 0 Å². The summed E-state index contributed by atoms with van der Waals surface area (Å²) in [7, 11) is 1.59. The van der Waals surface area contributed by atoms with Crippen LogP contribution < -0.4 is 10.1 Å². The lowest BCUT2D eigenvalue weighted by atomic mass is 9.96. The Morgan fingerprint density at radius 1 is 1.55 bits per heavy atom. The summed E-state index contributed by atoms with van der Waals surface area (Å²) in [5, 5.41) is 12.7. The van der Waals surface area contributed by atoms with E-state index in [0.29, 0.717) is 24.8 Å². The van der Waals surface area contributed by atoms with Crippen molar-refractivity contribution in [2.45, 2.75) is 19.4 Å². The Labute approximate surface area is 119 Å². The number of anilines is 1. The monoisotopic (exact) mass is 278 g/mol. The van der Waals surface area contributed by atoms with Gasteiger partial charge < -0.3 is 15.2 Å². The van der Waals surface area contributed by atoms with Crippen LogP contribution in [0.2, 0.25) is 0 Å². The average Bonchev–Trinajstić information content (AvgIpc) is 2.43. The topological polar surface area (TPSA) is 61.8 Å². The van der Waals surface area contributed by atoms with Crippen LogP contribution in [0.4, 0.5) is 5.69 Å². The predicted molar refractivity (Wildman–Crippen MR) is 77.9 cm³/mol. The number of carbonyl (C=O) groups is 1. The van der Waals surface area contributed by atoms with Gasteiger partial charge in [0, 0.05) is 18.3 Å². The first-order chi connectivity index (χ1) is 9.58.